The summed E-state index contributed by atoms with van der Waals surface area (Å²) >= 11 is 3.37. The van der Waals surface area contributed by atoms with Gasteiger partial charge < -0.3 is 29.0 Å². The van der Waals surface area contributed by atoms with Gasteiger partial charge in [0.2, 0.25) is 0 Å². The molecule has 2 amide bonds. The number of nitrogens with one attached hydrogen (secondary N) is 2. The van der Waals surface area contributed by atoms with Crippen LogP contribution >= 0.6 is 15.9 Å². The Kier molecular flexibility index (Phi) is 10.8. The summed E-state index contributed by atoms with van der Waals surface area (Å²) in [5.41, 5.74) is 3.23. The molecule has 0 unspecified atom stereocenters. The number of hydrogen-bond acceptors (Lipinski definition) is 9. The van der Waals surface area contributed by atoms with Crippen molar-refractivity contribution in [1.82, 2.24) is 10.7 Å². The fraction of sp³-hybridized carbons (Fsp3) is 0.304. The molecule has 0 aliphatic heterocycles. The molecule has 0 spiro atoms. The first kappa shape index (κ1) is 27.4. The molecule has 35 heavy (non-hydrogen) atoms. The Labute approximate surface area is 210 Å². The van der Waals surface area contributed by atoms with Crippen molar-refractivity contribution in [2.45, 2.75) is 6.92 Å². The minimum absolute atomic E-state index is 0.284. The van der Waals surface area contributed by atoms with Gasteiger partial charge >= 0.3 is 5.97 Å². The largest absolute Gasteiger partial charge is 0.493 e. The van der Waals surface area contributed by atoms with Crippen LogP contribution in [0.4, 0.5) is 0 Å². The third kappa shape index (κ3) is 8.18. The summed E-state index contributed by atoms with van der Waals surface area (Å²) < 4.78 is 26.4. The van der Waals surface area contributed by atoms with Crippen LogP contribution in [0.2, 0.25) is 0 Å². The molecule has 0 aliphatic rings. The molecule has 0 saturated heterocycles. The van der Waals surface area contributed by atoms with Gasteiger partial charge in [-0.2, -0.15) is 5.10 Å². The van der Waals surface area contributed by atoms with Crippen molar-refractivity contribution in [2.24, 2.45) is 5.10 Å². The normalized spacial score (nSPS) is 10.4. The van der Waals surface area contributed by atoms with Crippen LogP contribution in [0.25, 0.3) is 0 Å². The van der Waals surface area contributed by atoms with Crippen molar-refractivity contribution in [2.75, 3.05) is 41.1 Å². The molecule has 12 heteroatoms. The van der Waals surface area contributed by atoms with E-state index in [1.807, 2.05) is 0 Å². The molecule has 0 radical (unpaired) electrons. The highest BCUT2D eigenvalue weighted by Gasteiger charge is 2.14. The number of carbonyl (C=O) groups excluding carboxylic acids is 3. The van der Waals surface area contributed by atoms with E-state index in [9.17, 15) is 14.4 Å². The smallest absolute Gasteiger partial charge is 0.343 e. The van der Waals surface area contributed by atoms with Crippen LogP contribution in [0.5, 0.6) is 23.0 Å². The number of benzene rings is 2. The Morgan fingerprint density at radius 3 is 2.40 bits per heavy atom. The van der Waals surface area contributed by atoms with E-state index in [0.29, 0.717) is 45.2 Å². The number of hydrazone groups is 1. The van der Waals surface area contributed by atoms with E-state index in [1.165, 1.54) is 33.6 Å². The number of hydrogen-bond donors (Lipinski definition) is 2. The summed E-state index contributed by atoms with van der Waals surface area (Å²) in [4.78, 5) is 35.8. The zero-order valence-electron chi connectivity index (χ0n) is 19.7. The number of methoxy groups -OCH3 is 3. The van der Waals surface area contributed by atoms with Gasteiger partial charge in [0.05, 0.1) is 45.2 Å². The van der Waals surface area contributed by atoms with Crippen LogP contribution in [0, 0.1) is 0 Å². The monoisotopic (exact) mass is 551 g/mol. The van der Waals surface area contributed by atoms with E-state index >= 15 is 0 Å². The van der Waals surface area contributed by atoms with Gasteiger partial charge in [0.25, 0.3) is 11.8 Å². The average Bonchev–Trinajstić information content (AvgIpc) is 2.86. The van der Waals surface area contributed by atoms with Crippen molar-refractivity contribution in [3.8, 4) is 23.0 Å². The first-order valence-corrected chi connectivity index (χ1v) is 11.1. The molecule has 11 nitrogen and oxygen atoms in total. The molecule has 2 N–H and O–H groups in total. The lowest BCUT2D eigenvalue weighted by Crippen LogP contribution is -2.34. The van der Waals surface area contributed by atoms with Crippen molar-refractivity contribution < 1.29 is 38.1 Å². The molecule has 2 aromatic rings. The van der Waals surface area contributed by atoms with Gasteiger partial charge in [0.1, 0.15) is 0 Å². The molecule has 2 rings (SSSR count). The zero-order chi connectivity index (χ0) is 25.8. The Morgan fingerprint density at radius 1 is 1.00 bits per heavy atom. The number of rotatable bonds is 12. The Bertz CT molecular complexity index is 1090. The summed E-state index contributed by atoms with van der Waals surface area (Å²) in [5, 5.41) is 6.40. The average molecular weight is 552 g/mol. The van der Waals surface area contributed by atoms with Crippen molar-refractivity contribution in [1.29, 1.82) is 0 Å². The predicted molar refractivity (Wildman–Crippen MR) is 130 cm³/mol. The van der Waals surface area contributed by atoms with Crippen LogP contribution in [0.3, 0.4) is 0 Å². The first-order valence-electron chi connectivity index (χ1n) is 10.3. The van der Waals surface area contributed by atoms with Gasteiger partial charge in [0, 0.05) is 5.56 Å². The van der Waals surface area contributed by atoms with Crippen LogP contribution in [-0.4, -0.2) is 65.1 Å². The highest BCUT2D eigenvalue weighted by Crippen LogP contribution is 2.36. The molecule has 0 heterocycles. The van der Waals surface area contributed by atoms with Crippen LogP contribution in [0.15, 0.2) is 39.9 Å². The van der Waals surface area contributed by atoms with Gasteiger partial charge in [-0.05, 0) is 58.7 Å². The maximum absolute atomic E-state index is 12.3. The van der Waals surface area contributed by atoms with E-state index < -0.39 is 17.8 Å². The molecule has 188 valence electrons. The van der Waals surface area contributed by atoms with Gasteiger partial charge in [-0.15, -0.1) is 0 Å². The Hall–Kier alpha value is -3.80. The van der Waals surface area contributed by atoms with E-state index in [1.54, 1.807) is 31.2 Å². The lowest BCUT2D eigenvalue weighted by molar-refractivity contribution is -0.143. The molecule has 0 fully saturated rings. The lowest BCUT2D eigenvalue weighted by Gasteiger charge is -2.13. The van der Waals surface area contributed by atoms with E-state index in [-0.39, 0.29) is 13.2 Å². The maximum atomic E-state index is 12.3. The van der Waals surface area contributed by atoms with Crippen molar-refractivity contribution in [3.63, 3.8) is 0 Å². The first-order chi connectivity index (χ1) is 16.8. The molecular formula is C23H26BrN3O8. The van der Waals surface area contributed by atoms with Crippen molar-refractivity contribution in [3.05, 3.63) is 45.9 Å². The summed E-state index contributed by atoms with van der Waals surface area (Å²) in [6, 6.07) is 7.97. The second kappa shape index (κ2) is 13.8. The van der Waals surface area contributed by atoms with Gasteiger partial charge in [-0.25, -0.2) is 10.2 Å². The molecule has 0 saturated carbocycles. The minimum Gasteiger partial charge on any atom is -0.493 e. The van der Waals surface area contributed by atoms with Gasteiger partial charge in [0.15, 0.2) is 29.6 Å². The lowest BCUT2D eigenvalue weighted by atomic mass is 10.2. The second-order valence-corrected chi connectivity index (χ2v) is 7.53. The summed E-state index contributed by atoms with van der Waals surface area (Å²) in [5.74, 6) is 0.0601. The fourth-order valence-corrected chi connectivity index (χ4v) is 3.29. The zero-order valence-corrected chi connectivity index (χ0v) is 21.3. The molecule has 0 aromatic heterocycles. The van der Waals surface area contributed by atoms with Crippen LogP contribution in [0.1, 0.15) is 22.8 Å². The standard InChI is InChI=1S/C23H26BrN3O8/c1-5-34-19-9-14(8-16(24)22(19)35-13-21(29)33-4)11-26-27-20(28)12-25-23(30)15-6-7-17(31-2)18(10-15)32-3/h6-11H,5,12-13H2,1-4H3,(H,25,30)(H,27,28)/b26-11+. The van der Waals surface area contributed by atoms with E-state index in [2.05, 4.69) is 36.5 Å². The number of halogens is 1. The Morgan fingerprint density at radius 2 is 1.74 bits per heavy atom. The fourth-order valence-electron chi connectivity index (χ4n) is 2.71. The third-order valence-corrected chi connectivity index (χ3v) is 4.94. The quantitative estimate of drug-likeness (QED) is 0.233. The number of ether oxygens (including phenoxy) is 5. The second-order valence-electron chi connectivity index (χ2n) is 6.67. The summed E-state index contributed by atoms with van der Waals surface area (Å²) in [6.45, 7) is 1.58. The van der Waals surface area contributed by atoms with Crippen molar-refractivity contribution >= 4 is 39.9 Å². The topological polar surface area (TPSA) is 134 Å². The number of nitrogens with zero attached hydrogens (tertiary/aromatic N) is 1. The van der Waals surface area contributed by atoms with Gasteiger partial charge in [-0.1, -0.05) is 0 Å². The number of carbonyl (C=O) groups is 3. The molecule has 0 aliphatic carbocycles. The maximum Gasteiger partial charge on any atom is 0.343 e. The molecule has 0 bridgehead atoms. The highest BCUT2D eigenvalue weighted by molar-refractivity contribution is 9.10. The highest BCUT2D eigenvalue weighted by atomic mass is 79.9. The molecule has 2 aromatic carbocycles. The Balaban J connectivity index is 1.96. The minimum atomic E-state index is -0.536. The van der Waals surface area contributed by atoms with Crippen LogP contribution in [-0.2, 0) is 14.3 Å². The summed E-state index contributed by atoms with van der Waals surface area (Å²) in [6.07, 6.45) is 1.39. The summed E-state index contributed by atoms with van der Waals surface area (Å²) in [7, 11) is 4.22. The number of amides is 2. The third-order valence-electron chi connectivity index (χ3n) is 4.35. The van der Waals surface area contributed by atoms with E-state index in [0.717, 1.165) is 0 Å². The molecule has 0 atom stereocenters. The van der Waals surface area contributed by atoms with Gasteiger partial charge in [-0.3, -0.25) is 9.59 Å². The van der Waals surface area contributed by atoms with E-state index in [4.69, 9.17) is 18.9 Å². The van der Waals surface area contributed by atoms with Crippen LogP contribution < -0.4 is 29.7 Å². The molecular weight excluding hydrogens is 526 g/mol. The predicted octanol–water partition coefficient (Wildman–Crippen LogP) is 2.30. The number of esters is 1. The SMILES string of the molecule is CCOc1cc(/C=N/NC(=O)CNC(=O)c2ccc(OC)c(OC)c2)cc(Br)c1OCC(=O)OC.